The van der Waals surface area contributed by atoms with Crippen LogP contribution in [0.3, 0.4) is 0 Å². The summed E-state index contributed by atoms with van der Waals surface area (Å²) in [6.45, 7) is 7.13. The molecule has 2 N–H and O–H groups in total. The molecule has 20 heavy (non-hydrogen) atoms. The Morgan fingerprint density at radius 1 is 1.40 bits per heavy atom. The predicted molar refractivity (Wildman–Crippen MR) is 78.1 cm³/mol. The largest absolute Gasteiger partial charge is 0.382 e. The minimum atomic E-state index is -0.330. The summed E-state index contributed by atoms with van der Waals surface area (Å²) in [6, 6.07) is 2.96. The van der Waals surface area contributed by atoms with Gasteiger partial charge in [-0.2, -0.15) is 0 Å². The normalized spacial score (nSPS) is 11.4. The minimum Gasteiger partial charge on any atom is -0.382 e. The van der Waals surface area contributed by atoms with Gasteiger partial charge in [-0.1, -0.05) is 0 Å². The van der Waals surface area contributed by atoms with E-state index in [0.717, 1.165) is 32.7 Å². The van der Waals surface area contributed by atoms with Crippen LogP contribution in [-0.4, -0.2) is 37.2 Å². The first kappa shape index (κ1) is 16.4. The third-order valence-corrected chi connectivity index (χ3v) is 2.53. The Hall–Kier alpha value is -1.69. The SMILES string of the molecule is CCNC(=NCc1ncccc1F)NCCCOCC. The van der Waals surface area contributed by atoms with Crippen molar-refractivity contribution in [1.82, 2.24) is 15.6 Å². The second kappa shape index (κ2) is 10.1. The van der Waals surface area contributed by atoms with E-state index in [1.165, 1.54) is 6.07 Å². The molecule has 0 saturated heterocycles. The van der Waals surface area contributed by atoms with E-state index in [4.69, 9.17) is 4.74 Å². The van der Waals surface area contributed by atoms with Gasteiger partial charge in [-0.05, 0) is 32.4 Å². The molecule has 0 aliphatic carbocycles. The lowest BCUT2D eigenvalue weighted by atomic mass is 10.3. The number of halogens is 1. The van der Waals surface area contributed by atoms with Crippen LogP contribution in [0.5, 0.6) is 0 Å². The van der Waals surface area contributed by atoms with Gasteiger partial charge in [-0.15, -0.1) is 0 Å². The van der Waals surface area contributed by atoms with Gasteiger partial charge in [0.15, 0.2) is 5.96 Å². The van der Waals surface area contributed by atoms with Crippen LogP contribution in [0.2, 0.25) is 0 Å². The van der Waals surface area contributed by atoms with Crippen LogP contribution < -0.4 is 10.6 Å². The molecule has 1 aromatic heterocycles. The van der Waals surface area contributed by atoms with E-state index in [2.05, 4.69) is 20.6 Å². The zero-order chi connectivity index (χ0) is 14.6. The number of nitrogens with one attached hydrogen (secondary N) is 2. The van der Waals surface area contributed by atoms with Crippen molar-refractivity contribution in [3.05, 3.63) is 29.8 Å². The number of guanidine groups is 1. The summed E-state index contributed by atoms with van der Waals surface area (Å²) in [7, 11) is 0. The standard InChI is InChI=1S/C14H23FN4O/c1-3-16-14(18-9-6-10-20-4-2)19-11-13-12(15)7-5-8-17-13/h5,7-8H,3-4,6,9-11H2,1-2H3,(H2,16,18,19). The topological polar surface area (TPSA) is 58.5 Å². The monoisotopic (exact) mass is 282 g/mol. The minimum absolute atomic E-state index is 0.216. The van der Waals surface area contributed by atoms with E-state index in [1.54, 1.807) is 12.3 Å². The smallest absolute Gasteiger partial charge is 0.191 e. The van der Waals surface area contributed by atoms with Gasteiger partial charge in [0.2, 0.25) is 0 Å². The maximum absolute atomic E-state index is 13.4. The zero-order valence-corrected chi connectivity index (χ0v) is 12.2. The van der Waals surface area contributed by atoms with Crippen LogP contribution in [0.25, 0.3) is 0 Å². The second-order valence-corrected chi connectivity index (χ2v) is 4.10. The lowest BCUT2D eigenvalue weighted by Crippen LogP contribution is -2.38. The maximum Gasteiger partial charge on any atom is 0.191 e. The van der Waals surface area contributed by atoms with Gasteiger partial charge in [0, 0.05) is 32.5 Å². The second-order valence-electron chi connectivity index (χ2n) is 4.10. The first-order chi connectivity index (χ1) is 9.77. The highest BCUT2D eigenvalue weighted by Crippen LogP contribution is 2.03. The lowest BCUT2D eigenvalue weighted by Gasteiger charge is -2.11. The van der Waals surface area contributed by atoms with Crippen molar-refractivity contribution in [3.8, 4) is 0 Å². The summed E-state index contributed by atoms with van der Waals surface area (Å²) in [4.78, 5) is 8.29. The average molecular weight is 282 g/mol. The first-order valence-corrected chi connectivity index (χ1v) is 6.97. The molecule has 0 saturated carbocycles. The number of aliphatic imine (C=N–C) groups is 1. The molecule has 1 rings (SSSR count). The highest BCUT2D eigenvalue weighted by atomic mass is 19.1. The fourth-order valence-corrected chi connectivity index (χ4v) is 1.56. The van der Waals surface area contributed by atoms with Gasteiger partial charge < -0.3 is 15.4 Å². The molecule has 1 heterocycles. The number of aromatic nitrogens is 1. The van der Waals surface area contributed by atoms with E-state index in [-0.39, 0.29) is 12.4 Å². The average Bonchev–Trinajstić information content (AvgIpc) is 2.46. The van der Waals surface area contributed by atoms with Gasteiger partial charge in [-0.3, -0.25) is 4.98 Å². The van der Waals surface area contributed by atoms with Crippen molar-refractivity contribution >= 4 is 5.96 Å². The highest BCUT2D eigenvalue weighted by molar-refractivity contribution is 5.79. The Labute approximate surface area is 119 Å². The van der Waals surface area contributed by atoms with E-state index in [9.17, 15) is 4.39 Å². The van der Waals surface area contributed by atoms with E-state index in [1.807, 2.05) is 13.8 Å². The van der Waals surface area contributed by atoms with Gasteiger partial charge in [-0.25, -0.2) is 9.38 Å². The van der Waals surface area contributed by atoms with Crippen molar-refractivity contribution in [3.63, 3.8) is 0 Å². The highest BCUT2D eigenvalue weighted by Gasteiger charge is 2.02. The summed E-state index contributed by atoms with van der Waals surface area (Å²) in [5.74, 6) is 0.331. The van der Waals surface area contributed by atoms with Crippen LogP contribution in [-0.2, 0) is 11.3 Å². The molecular formula is C14H23FN4O. The molecule has 0 bridgehead atoms. The summed E-state index contributed by atoms with van der Waals surface area (Å²) in [5.41, 5.74) is 0.346. The predicted octanol–water partition coefficient (Wildman–Crippen LogP) is 1.70. The number of hydrogen-bond donors (Lipinski definition) is 2. The fraction of sp³-hybridized carbons (Fsp3) is 0.571. The molecule has 112 valence electrons. The number of nitrogens with zero attached hydrogens (tertiary/aromatic N) is 2. The Kier molecular flexibility index (Phi) is 8.30. The van der Waals surface area contributed by atoms with Gasteiger partial charge in [0.25, 0.3) is 0 Å². The van der Waals surface area contributed by atoms with E-state index < -0.39 is 0 Å². The van der Waals surface area contributed by atoms with Gasteiger partial charge in [0.05, 0.1) is 12.2 Å². The van der Waals surface area contributed by atoms with Crippen molar-refractivity contribution in [1.29, 1.82) is 0 Å². The van der Waals surface area contributed by atoms with Crippen LogP contribution in [0.4, 0.5) is 4.39 Å². The third kappa shape index (κ3) is 6.47. The molecule has 0 radical (unpaired) electrons. The zero-order valence-electron chi connectivity index (χ0n) is 12.2. The first-order valence-electron chi connectivity index (χ1n) is 6.97. The molecule has 0 fully saturated rings. The number of ether oxygens (including phenoxy) is 1. The van der Waals surface area contributed by atoms with Crippen LogP contribution in [0.15, 0.2) is 23.3 Å². The number of hydrogen-bond acceptors (Lipinski definition) is 3. The van der Waals surface area contributed by atoms with Crippen molar-refractivity contribution in [2.45, 2.75) is 26.8 Å². The molecule has 0 unspecified atom stereocenters. The maximum atomic E-state index is 13.4. The van der Waals surface area contributed by atoms with Crippen molar-refractivity contribution in [2.24, 2.45) is 4.99 Å². The molecule has 6 heteroatoms. The fourth-order valence-electron chi connectivity index (χ4n) is 1.56. The van der Waals surface area contributed by atoms with Crippen LogP contribution in [0, 0.1) is 5.82 Å². The molecule has 0 atom stereocenters. The summed E-state index contributed by atoms with van der Waals surface area (Å²) >= 11 is 0. The molecule has 0 spiro atoms. The quantitative estimate of drug-likeness (QED) is 0.433. The number of pyridine rings is 1. The van der Waals surface area contributed by atoms with Crippen molar-refractivity contribution < 1.29 is 9.13 Å². The Bertz CT molecular complexity index is 412. The molecule has 1 aromatic rings. The summed E-state index contributed by atoms with van der Waals surface area (Å²) < 4.78 is 18.7. The summed E-state index contributed by atoms with van der Waals surface area (Å²) in [6.07, 6.45) is 2.46. The summed E-state index contributed by atoms with van der Waals surface area (Å²) in [5, 5.41) is 6.29. The van der Waals surface area contributed by atoms with Crippen LogP contribution >= 0.6 is 0 Å². The van der Waals surface area contributed by atoms with E-state index >= 15 is 0 Å². The third-order valence-electron chi connectivity index (χ3n) is 2.53. The Balaban J connectivity index is 2.44. The van der Waals surface area contributed by atoms with Gasteiger partial charge in [0.1, 0.15) is 5.82 Å². The van der Waals surface area contributed by atoms with Crippen LogP contribution in [0.1, 0.15) is 26.0 Å². The van der Waals surface area contributed by atoms with E-state index in [0.29, 0.717) is 11.7 Å². The molecule has 0 amide bonds. The number of rotatable bonds is 8. The Morgan fingerprint density at radius 3 is 2.95 bits per heavy atom. The molecule has 0 aliphatic heterocycles. The molecule has 0 aromatic carbocycles. The van der Waals surface area contributed by atoms with Crippen molar-refractivity contribution in [2.75, 3.05) is 26.3 Å². The molecule has 5 nitrogen and oxygen atoms in total. The molecule has 0 aliphatic rings. The molecular weight excluding hydrogens is 259 g/mol. The van der Waals surface area contributed by atoms with Gasteiger partial charge >= 0.3 is 0 Å². The Morgan fingerprint density at radius 2 is 2.25 bits per heavy atom. The lowest BCUT2D eigenvalue weighted by molar-refractivity contribution is 0.145.